The average Bonchev–Trinajstić information content (AvgIpc) is 2.00. The second-order valence-corrected chi connectivity index (χ2v) is 2.29. The third-order valence-electron chi connectivity index (χ3n) is 1.62. The van der Waals surface area contributed by atoms with Gasteiger partial charge in [0.15, 0.2) is 0 Å². The quantitative estimate of drug-likeness (QED) is 0.505. The molecule has 1 heterocycles. The lowest BCUT2D eigenvalue weighted by Crippen LogP contribution is -2.01. The summed E-state index contributed by atoms with van der Waals surface area (Å²) >= 11 is 0. The molecule has 1 heteroatoms. The Hall–Kier alpha value is -0.460. The second kappa shape index (κ2) is 5.33. The highest BCUT2D eigenvalue weighted by molar-refractivity contribution is 5.04. The molecule has 0 bridgehead atoms. The molecule has 0 saturated carbocycles. The second-order valence-electron chi connectivity index (χ2n) is 2.29. The van der Waals surface area contributed by atoms with E-state index in [2.05, 4.69) is 6.92 Å². The Labute approximate surface area is 64.1 Å². The summed E-state index contributed by atoms with van der Waals surface area (Å²) < 4.78 is 5.27. The number of ether oxygens (including phenoxy) is 1. The maximum Gasteiger partial charge on any atom is 0.0918 e. The Balaban J connectivity index is 0.000000371. The minimum absolute atomic E-state index is 0.920. The van der Waals surface area contributed by atoms with Gasteiger partial charge in [-0.25, -0.2) is 0 Å². The Morgan fingerprint density at radius 2 is 1.80 bits per heavy atom. The van der Waals surface area contributed by atoms with Crippen LogP contribution in [0.2, 0.25) is 0 Å². The summed E-state index contributed by atoms with van der Waals surface area (Å²) in [7, 11) is 0. The molecule has 1 aliphatic heterocycles. The fourth-order valence-corrected chi connectivity index (χ4v) is 0.862. The van der Waals surface area contributed by atoms with Crippen LogP contribution in [0, 0.1) is 0 Å². The van der Waals surface area contributed by atoms with Crippen molar-refractivity contribution in [3.8, 4) is 0 Å². The van der Waals surface area contributed by atoms with E-state index in [0.29, 0.717) is 0 Å². The molecule has 1 nitrogen and oxygen atoms in total. The van der Waals surface area contributed by atoms with Gasteiger partial charge in [0.2, 0.25) is 0 Å². The first-order valence-corrected chi connectivity index (χ1v) is 4.10. The van der Waals surface area contributed by atoms with Crippen molar-refractivity contribution in [3.05, 3.63) is 11.3 Å². The van der Waals surface area contributed by atoms with Gasteiger partial charge in [0.05, 0.1) is 12.4 Å². The molecule has 10 heavy (non-hydrogen) atoms. The molecule has 0 amide bonds. The van der Waals surface area contributed by atoms with Gasteiger partial charge >= 0.3 is 0 Å². The van der Waals surface area contributed by atoms with Crippen LogP contribution in [-0.4, -0.2) is 6.61 Å². The van der Waals surface area contributed by atoms with Gasteiger partial charge in [-0.2, -0.15) is 0 Å². The lowest BCUT2D eigenvalue weighted by atomic mass is 10.1. The molecule has 1 aliphatic rings. The van der Waals surface area contributed by atoms with Gasteiger partial charge in [-0.3, -0.25) is 0 Å². The molecule has 60 valence electrons. The van der Waals surface area contributed by atoms with Crippen LogP contribution in [0.25, 0.3) is 0 Å². The van der Waals surface area contributed by atoms with Gasteiger partial charge in [0.25, 0.3) is 0 Å². The summed E-state index contributed by atoms with van der Waals surface area (Å²) in [5.41, 5.74) is 1.41. The summed E-state index contributed by atoms with van der Waals surface area (Å²) in [5.74, 6) is 1.14. The van der Waals surface area contributed by atoms with Crippen LogP contribution in [0.4, 0.5) is 0 Å². The summed E-state index contributed by atoms with van der Waals surface area (Å²) in [6, 6.07) is 0. The highest BCUT2D eigenvalue weighted by atomic mass is 16.5. The van der Waals surface area contributed by atoms with Gasteiger partial charge in [0.1, 0.15) is 0 Å². The zero-order chi connectivity index (χ0) is 7.98. The first-order chi connectivity index (χ1) is 4.80. The molecule has 0 spiro atoms. The van der Waals surface area contributed by atoms with Crippen LogP contribution in [0.15, 0.2) is 11.3 Å². The summed E-state index contributed by atoms with van der Waals surface area (Å²) in [6.45, 7) is 9.09. The Kier molecular flexibility index (Phi) is 5.09. The van der Waals surface area contributed by atoms with E-state index in [1.54, 1.807) is 0 Å². The van der Waals surface area contributed by atoms with Crippen molar-refractivity contribution >= 4 is 0 Å². The van der Waals surface area contributed by atoms with E-state index in [1.807, 2.05) is 20.8 Å². The maximum absolute atomic E-state index is 5.27. The highest BCUT2D eigenvalue weighted by Crippen LogP contribution is 2.16. The Morgan fingerprint density at radius 1 is 1.20 bits per heavy atom. The van der Waals surface area contributed by atoms with Gasteiger partial charge < -0.3 is 4.74 Å². The highest BCUT2D eigenvalue weighted by Gasteiger charge is 2.03. The molecule has 0 fully saturated rings. The van der Waals surface area contributed by atoms with E-state index < -0.39 is 0 Å². The summed E-state index contributed by atoms with van der Waals surface area (Å²) in [5, 5.41) is 0. The molecular weight excluding hydrogens is 124 g/mol. The van der Waals surface area contributed by atoms with Crippen molar-refractivity contribution < 1.29 is 4.74 Å². The predicted octanol–water partition coefficient (Wildman–Crippen LogP) is 3.12. The third-order valence-corrected chi connectivity index (χ3v) is 1.62. The minimum atomic E-state index is 0.920. The first kappa shape index (κ1) is 9.54. The SMILES string of the molecule is CC.CC1=C(C)OCCC1. The average molecular weight is 142 g/mol. The van der Waals surface area contributed by atoms with E-state index in [9.17, 15) is 0 Å². The molecule has 0 aromatic rings. The van der Waals surface area contributed by atoms with E-state index in [0.717, 1.165) is 12.4 Å². The topological polar surface area (TPSA) is 9.23 Å². The van der Waals surface area contributed by atoms with E-state index >= 15 is 0 Å². The third kappa shape index (κ3) is 2.90. The monoisotopic (exact) mass is 142 g/mol. The molecule has 0 aromatic carbocycles. The van der Waals surface area contributed by atoms with E-state index in [4.69, 9.17) is 4.74 Å². The van der Waals surface area contributed by atoms with Gasteiger partial charge in [-0.1, -0.05) is 13.8 Å². The molecular formula is C9H18O. The van der Waals surface area contributed by atoms with Crippen LogP contribution < -0.4 is 0 Å². The number of rotatable bonds is 0. The lowest BCUT2D eigenvalue weighted by molar-refractivity contribution is 0.189. The molecule has 0 aliphatic carbocycles. The van der Waals surface area contributed by atoms with Crippen molar-refractivity contribution in [1.29, 1.82) is 0 Å². The predicted molar refractivity (Wildman–Crippen MR) is 44.9 cm³/mol. The zero-order valence-electron chi connectivity index (χ0n) is 7.53. The smallest absolute Gasteiger partial charge is 0.0918 e. The minimum Gasteiger partial charge on any atom is -0.498 e. The molecule has 0 unspecified atom stereocenters. The molecule has 0 saturated heterocycles. The van der Waals surface area contributed by atoms with Crippen molar-refractivity contribution in [2.75, 3.05) is 6.61 Å². The van der Waals surface area contributed by atoms with Crippen LogP contribution in [0.3, 0.4) is 0 Å². The van der Waals surface area contributed by atoms with Gasteiger partial charge in [0, 0.05) is 0 Å². The molecule has 0 atom stereocenters. The number of hydrogen-bond acceptors (Lipinski definition) is 1. The lowest BCUT2D eigenvalue weighted by Gasteiger charge is -2.15. The fraction of sp³-hybridized carbons (Fsp3) is 0.778. The molecule has 0 radical (unpaired) electrons. The Morgan fingerprint density at radius 3 is 2.10 bits per heavy atom. The van der Waals surface area contributed by atoms with Crippen LogP contribution in [0.1, 0.15) is 40.5 Å². The van der Waals surface area contributed by atoms with Crippen molar-refractivity contribution in [3.63, 3.8) is 0 Å². The molecule has 1 rings (SSSR count). The van der Waals surface area contributed by atoms with Crippen molar-refractivity contribution in [2.24, 2.45) is 0 Å². The van der Waals surface area contributed by atoms with Crippen LogP contribution in [-0.2, 0) is 4.74 Å². The largest absolute Gasteiger partial charge is 0.498 e. The first-order valence-electron chi connectivity index (χ1n) is 4.10. The van der Waals surface area contributed by atoms with E-state index in [1.165, 1.54) is 18.4 Å². The molecule has 0 N–H and O–H groups in total. The Bertz CT molecular complexity index is 99.9. The normalized spacial score (nSPS) is 17.2. The van der Waals surface area contributed by atoms with Gasteiger partial charge in [-0.15, -0.1) is 0 Å². The van der Waals surface area contributed by atoms with Crippen molar-refractivity contribution in [2.45, 2.75) is 40.5 Å². The van der Waals surface area contributed by atoms with Crippen molar-refractivity contribution in [1.82, 2.24) is 0 Å². The van der Waals surface area contributed by atoms with Crippen LogP contribution in [0.5, 0.6) is 0 Å². The zero-order valence-corrected chi connectivity index (χ0v) is 7.53. The number of hydrogen-bond donors (Lipinski definition) is 0. The number of allylic oxidation sites excluding steroid dienone is 2. The van der Waals surface area contributed by atoms with E-state index in [-0.39, 0.29) is 0 Å². The van der Waals surface area contributed by atoms with Gasteiger partial charge in [-0.05, 0) is 32.3 Å². The van der Waals surface area contributed by atoms with Crippen LogP contribution >= 0.6 is 0 Å². The summed E-state index contributed by atoms with van der Waals surface area (Å²) in [6.07, 6.45) is 2.43. The fourth-order valence-electron chi connectivity index (χ4n) is 0.862. The maximum atomic E-state index is 5.27. The standard InChI is InChI=1S/C7H12O.C2H6/c1-6-4-3-5-8-7(6)2;1-2/h3-5H2,1-2H3;1-2H3. The summed E-state index contributed by atoms with van der Waals surface area (Å²) in [4.78, 5) is 0. The molecule has 0 aromatic heterocycles.